The van der Waals surface area contributed by atoms with Crippen LogP contribution in [0.5, 0.6) is 0 Å². The average Bonchev–Trinajstić information content (AvgIpc) is 2.79. The standard InChI is InChI=1S/C16H23N3O/c1-12(2)9-18(10-13(3)4)16(20)19-11-17-14-7-5-6-8-15(14)19/h5-8,11-13H,9-10H2,1-4H3. The molecule has 0 spiro atoms. The number of carbonyl (C=O) groups is 1. The van der Waals surface area contributed by atoms with Crippen molar-refractivity contribution < 1.29 is 4.79 Å². The van der Waals surface area contributed by atoms with Gasteiger partial charge in [0.05, 0.1) is 11.0 Å². The molecule has 0 saturated carbocycles. The van der Waals surface area contributed by atoms with Crippen LogP contribution in [-0.2, 0) is 0 Å². The second-order valence-electron chi connectivity index (χ2n) is 6.08. The van der Waals surface area contributed by atoms with Crippen LogP contribution in [0.15, 0.2) is 30.6 Å². The lowest BCUT2D eigenvalue weighted by atomic mass is 10.1. The molecule has 0 fully saturated rings. The van der Waals surface area contributed by atoms with Gasteiger partial charge in [-0.15, -0.1) is 0 Å². The van der Waals surface area contributed by atoms with Gasteiger partial charge in [0.2, 0.25) is 0 Å². The summed E-state index contributed by atoms with van der Waals surface area (Å²) in [6.07, 6.45) is 1.63. The molecule has 20 heavy (non-hydrogen) atoms. The van der Waals surface area contributed by atoms with E-state index in [4.69, 9.17) is 0 Å². The Balaban J connectivity index is 2.30. The van der Waals surface area contributed by atoms with Gasteiger partial charge in [-0.2, -0.15) is 0 Å². The summed E-state index contributed by atoms with van der Waals surface area (Å²) in [5, 5.41) is 0. The highest BCUT2D eigenvalue weighted by atomic mass is 16.2. The minimum atomic E-state index is 0.0149. The molecule has 0 radical (unpaired) electrons. The zero-order valence-corrected chi connectivity index (χ0v) is 12.7. The second-order valence-corrected chi connectivity index (χ2v) is 6.08. The van der Waals surface area contributed by atoms with Gasteiger partial charge in [0.25, 0.3) is 0 Å². The molecular weight excluding hydrogens is 250 g/mol. The Hall–Kier alpha value is -1.84. The first-order valence-electron chi connectivity index (χ1n) is 7.20. The molecule has 2 aromatic rings. The number of para-hydroxylation sites is 2. The molecule has 0 bridgehead atoms. The molecule has 1 aromatic heterocycles. The number of aromatic nitrogens is 2. The van der Waals surface area contributed by atoms with Crippen molar-refractivity contribution in [3.05, 3.63) is 30.6 Å². The smallest absolute Gasteiger partial charge is 0.324 e. The minimum Gasteiger partial charge on any atom is -0.324 e. The number of hydrogen-bond donors (Lipinski definition) is 0. The quantitative estimate of drug-likeness (QED) is 0.853. The van der Waals surface area contributed by atoms with Crippen molar-refractivity contribution in [1.29, 1.82) is 0 Å². The Morgan fingerprint density at radius 1 is 1.15 bits per heavy atom. The molecule has 108 valence electrons. The number of fused-ring (bicyclic) bond motifs is 1. The zero-order valence-electron chi connectivity index (χ0n) is 12.7. The molecule has 2 rings (SSSR count). The number of rotatable bonds is 4. The maximum atomic E-state index is 12.7. The van der Waals surface area contributed by atoms with Gasteiger partial charge < -0.3 is 4.90 Å². The van der Waals surface area contributed by atoms with E-state index in [2.05, 4.69) is 32.7 Å². The maximum absolute atomic E-state index is 12.7. The molecule has 0 aliphatic heterocycles. The Morgan fingerprint density at radius 2 is 1.75 bits per heavy atom. The van der Waals surface area contributed by atoms with Crippen molar-refractivity contribution in [3.8, 4) is 0 Å². The molecule has 0 unspecified atom stereocenters. The van der Waals surface area contributed by atoms with Gasteiger partial charge in [0.15, 0.2) is 0 Å². The predicted molar refractivity (Wildman–Crippen MR) is 81.8 cm³/mol. The molecular formula is C16H23N3O. The van der Waals surface area contributed by atoms with Crippen molar-refractivity contribution >= 4 is 17.1 Å². The van der Waals surface area contributed by atoms with Gasteiger partial charge in [-0.3, -0.25) is 4.57 Å². The number of hydrogen-bond acceptors (Lipinski definition) is 2. The number of amides is 1. The fourth-order valence-electron chi connectivity index (χ4n) is 2.38. The third-order valence-corrected chi connectivity index (χ3v) is 3.10. The summed E-state index contributed by atoms with van der Waals surface area (Å²) in [7, 11) is 0. The molecule has 0 aliphatic rings. The Kier molecular flexibility index (Phi) is 4.42. The third-order valence-electron chi connectivity index (χ3n) is 3.10. The van der Waals surface area contributed by atoms with E-state index in [-0.39, 0.29) is 6.03 Å². The summed E-state index contributed by atoms with van der Waals surface area (Å²) in [5.74, 6) is 0.903. The highest BCUT2D eigenvalue weighted by Crippen LogP contribution is 2.14. The van der Waals surface area contributed by atoms with Crippen LogP contribution < -0.4 is 0 Å². The topological polar surface area (TPSA) is 38.1 Å². The van der Waals surface area contributed by atoms with Gasteiger partial charge in [0, 0.05) is 13.1 Å². The van der Waals surface area contributed by atoms with E-state index < -0.39 is 0 Å². The summed E-state index contributed by atoms with van der Waals surface area (Å²) in [6, 6.07) is 7.74. The zero-order chi connectivity index (χ0) is 14.7. The first-order valence-corrected chi connectivity index (χ1v) is 7.20. The average molecular weight is 273 g/mol. The van der Waals surface area contributed by atoms with Crippen molar-refractivity contribution in [2.75, 3.05) is 13.1 Å². The van der Waals surface area contributed by atoms with Gasteiger partial charge >= 0.3 is 6.03 Å². The SMILES string of the molecule is CC(C)CN(CC(C)C)C(=O)n1cnc2ccccc21. The highest BCUT2D eigenvalue weighted by molar-refractivity contribution is 5.89. The first kappa shape index (κ1) is 14.6. The van der Waals surface area contributed by atoms with Crippen molar-refractivity contribution in [2.45, 2.75) is 27.7 Å². The van der Waals surface area contributed by atoms with Gasteiger partial charge in [-0.1, -0.05) is 39.8 Å². The Labute approximate surface area is 120 Å². The van der Waals surface area contributed by atoms with E-state index >= 15 is 0 Å². The fourth-order valence-corrected chi connectivity index (χ4v) is 2.38. The fraction of sp³-hybridized carbons (Fsp3) is 0.500. The van der Waals surface area contributed by atoms with E-state index in [1.165, 1.54) is 0 Å². The lowest BCUT2D eigenvalue weighted by Gasteiger charge is -2.26. The molecule has 4 nitrogen and oxygen atoms in total. The minimum absolute atomic E-state index is 0.0149. The van der Waals surface area contributed by atoms with E-state index in [0.29, 0.717) is 11.8 Å². The van der Waals surface area contributed by atoms with E-state index in [1.54, 1.807) is 10.9 Å². The van der Waals surface area contributed by atoms with Crippen LogP contribution in [-0.4, -0.2) is 33.6 Å². The predicted octanol–water partition coefficient (Wildman–Crippen LogP) is 3.62. The van der Waals surface area contributed by atoms with Crippen LogP contribution in [0.4, 0.5) is 4.79 Å². The van der Waals surface area contributed by atoms with E-state index in [9.17, 15) is 4.79 Å². The summed E-state index contributed by atoms with van der Waals surface area (Å²) >= 11 is 0. The number of imidazole rings is 1. The normalized spacial score (nSPS) is 11.5. The van der Waals surface area contributed by atoms with Crippen LogP contribution in [0.25, 0.3) is 11.0 Å². The molecule has 4 heteroatoms. The maximum Gasteiger partial charge on any atom is 0.329 e. The number of nitrogens with zero attached hydrogens (tertiary/aromatic N) is 3. The van der Waals surface area contributed by atoms with Crippen LogP contribution in [0.1, 0.15) is 27.7 Å². The molecule has 0 saturated heterocycles. The van der Waals surface area contributed by atoms with Gasteiger partial charge in [-0.05, 0) is 24.0 Å². The summed E-state index contributed by atoms with van der Waals surface area (Å²) in [6.45, 7) is 10.1. The lowest BCUT2D eigenvalue weighted by molar-refractivity contribution is 0.185. The van der Waals surface area contributed by atoms with Crippen LogP contribution >= 0.6 is 0 Å². The highest BCUT2D eigenvalue weighted by Gasteiger charge is 2.19. The van der Waals surface area contributed by atoms with Crippen molar-refractivity contribution in [2.24, 2.45) is 11.8 Å². The van der Waals surface area contributed by atoms with Crippen molar-refractivity contribution in [1.82, 2.24) is 14.5 Å². The van der Waals surface area contributed by atoms with E-state index in [1.807, 2.05) is 29.2 Å². The molecule has 1 amide bonds. The Morgan fingerprint density at radius 3 is 2.35 bits per heavy atom. The van der Waals surface area contributed by atoms with Crippen molar-refractivity contribution in [3.63, 3.8) is 0 Å². The molecule has 1 aromatic carbocycles. The molecule has 0 N–H and O–H groups in total. The van der Waals surface area contributed by atoms with Crippen LogP contribution in [0, 0.1) is 11.8 Å². The van der Waals surface area contributed by atoms with Crippen LogP contribution in [0.2, 0.25) is 0 Å². The number of carbonyl (C=O) groups excluding carboxylic acids is 1. The largest absolute Gasteiger partial charge is 0.329 e. The summed E-state index contributed by atoms with van der Waals surface area (Å²) < 4.78 is 1.65. The summed E-state index contributed by atoms with van der Waals surface area (Å²) in [5.41, 5.74) is 1.73. The molecule has 0 atom stereocenters. The molecule has 1 heterocycles. The van der Waals surface area contributed by atoms with Gasteiger partial charge in [0.1, 0.15) is 6.33 Å². The molecule has 0 aliphatic carbocycles. The Bertz CT molecular complexity index is 576. The number of benzene rings is 1. The third kappa shape index (κ3) is 3.18. The van der Waals surface area contributed by atoms with E-state index in [0.717, 1.165) is 24.1 Å². The second kappa shape index (κ2) is 6.07. The monoisotopic (exact) mass is 273 g/mol. The van der Waals surface area contributed by atoms with Gasteiger partial charge in [-0.25, -0.2) is 9.78 Å². The lowest BCUT2D eigenvalue weighted by Crippen LogP contribution is -2.39. The van der Waals surface area contributed by atoms with Crippen LogP contribution in [0.3, 0.4) is 0 Å². The first-order chi connectivity index (χ1) is 9.49. The summed E-state index contributed by atoms with van der Waals surface area (Å²) in [4.78, 5) is 19.0.